The van der Waals surface area contributed by atoms with Gasteiger partial charge >= 0.3 is 0 Å². The molecule has 1 aliphatic rings. The molecule has 1 amide bonds. The fraction of sp³-hybridized carbons (Fsp3) is 0.500. The second-order valence-corrected chi connectivity index (χ2v) is 5.74. The van der Waals surface area contributed by atoms with Gasteiger partial charge in [0, 0.05) is 39.1 Å². The molecule has 3 nitrogen and oxygen atoms in total. The molecule has 1 fully saturated rings. The number of benzene rings is 1. The zero-order valence-electron chi connectivity index (χ0n) is 13.2. The number of hydrogen-bond donors (Lipinski definition) is 0. The van der Waals surface area contributed by atoms with Gasteiger partial charge in [-0.15, -0.1) is 0 Å². The fourth-order valence-electron chi connectivity index (χ4n) is 2.57. The van der Waals surface area contributed by atoms with E-state index in [9.17, 15) is 4.79 Å². The summed E-state index contributed by atoms with van der Waals surface area (Å²) in [6, 6.07) is 8.57. The lowest BCUT2D eigenvalue weighted by molar-refractivity contribution is -0.132. The molecule has 0 saturated carbocycles. The van der Waals surface area contributed by atoms with Crippen LogP contribution in [0.4, 0.5) is 0 Å². The highest BCUT2D eigenvalue weighted by Crippen LogP contribution is 2.07. The molecule has 0 aliphatic carbocycles. The van der Waals surface area contributed by atoms with Gasteiger partial charge in [-0.2, -0.15) is 0 Å². The van der Waals surface area contributed by atoms with Crippen LogP contribution in [-0.2, 0) is 4.79 Å². The van der Waals surface area contributed by atoms with Crippen molar-refractivity contribution in [3.8, 4) is 0 Å². The van der Waals surface area contributed by atoms with Crippen molar-refractivity contribution < 1.29 is 4.79 Å². The number of carbonyl (C=O) groups is 1. The molecule has 0 radical (unpaired) electrons. The number of carbonyl (C=O) groups excluding carboxylic acids is 1. The van der Waals surface area contributed by atoms with E-state index in [0.717, 1.165) is 39.1 Å². The molecule has 114 valence electrons. The van der Waals surface area contributed by atoms with Crippen LogP contribution in [0.5, 0.6) is 0 Å². The number of rotatable bonds is 5. The topological polar surface area (TPSA) is 23.6 Å². The molecule has 1 aromatic carbocycles. The van der Waals surface area contributed by atoms with E-state index in [1.165, 1.54) is 11.1 Å². The van der Waals surface area contributed by atoms with Gasteiger partial charge in [0.1, 0.15) is 0 Å². The third kappa shape index (κ3) is 5.01. The standard InChI is InChI=1S/C18H26N2O/c1-3-5-18(21)20-14-12-19(13-15-20)11-4-6-17-9-7-16(2)8-10-17/h4,6-10H,3,5,11-15H2,1-2H3. The monoisotopic (exact) mass is 286 g/mol. The Bertz CT molecular complexity index is 470. The zero-order chi connectivity index (χ0) is 15.1. The minimum atomic E-state index is 0.312. The average Bonchev–Trinajstić information content (AvgIpc) is 2.50. The summed E-state index contributed by atoms with van der Waals surface area (Å²) in [5.74, 6) is 0.312. The largest absolute Gasteiger partial charge is 0.340 e. The molecule has 1 saturated heterocycles. The Kier molecular flexibility index (Phi) is 6.00. The van der Waals surface area contributed by atoms with Gasteiger partial charge in [0.05, 0.1) is 0 Å². The van der Waals surface area contributed by atoms with Crippen molar-refractivity contribution in [3.05, 3.63) is 41.5 Å². The Morgan fingerprint density at radius 2 is 1.81 bits per heavy atom. The van der Waals surface area contributed by atoms with E-state index in [1.54, 1.807) is 0 Å². The molecule has 21 heavy (non-hydrogen) atoms. The van der Waals surface area contributed by atoms with Gasteiger partial charge in [-0.25, -0.2) is 0 Å². The summed E-state index contributed by atoms with van der Waals surface area (Å²) in [6.45, 7) is 8.83. The summed E-state index contributed by atoms with van der Waals surface area (Å²) < 4.78 is 0. The first kappa shape index (κ1) is 15.8. The molecule has 1 aromatic rings. The van der Waals surface area contributed by atoms with Gasteiger partial charge in [-0.3, -0.25) is 9.69 Å². The second kappa shape index (κ2) is 7.99. The minimum Gasteiger partial charge on any atom is -0.340 e. The van der Waals surface area contributed by atoms with Crippen LogP contribution in [0.1, 0.15) is 30.9 Å². The smallest absolute Gasteiger partial charge is 0.222 e. The van der Waals surface area contributed by atoms with Crippen LogP contribution in [0, 0.1) is 6.92 Å². The van der Waals surface area contributed by atoms with Crippen molar-refractivity contribution in [2.45, 2.75) is 26.7 Å². The first-order valence-corrected chi connectivity index (χ1v) is 7.92. The highest BCUT2D eigenvalue weighted by atomic mass is 16.2. The second-order valence-electron chi connectivity index (χ2n) is 5.74. The summed E-state index contributed by atoms with van der Waals surface area (Å²) in [6.07, 6.45) is 6.02. The SMILES string of the molecule is CCCC(=O)N1CCN(CC=Cc2ccc(C)cc2)CC1. The lowest BCUT2D eigenvalue weighted by Crippen LogP contribution is -2.48. The van der Waals surface area contributed by atoms with E-state index >= 15 is 0 Å². The molecule has 0 spiro atoms. The maximum atomic E-state index is 11.8. The molecule has 3 heteroatoms. The summed E-state index contributed by atoms with van der Waals surface area (Å²) in [5.41, 5.74) is 2.54. The quantitative estimate of drug-likeness (QED) is 0.831. The third-order valence-corrected chi connectivity index (χ3v) is 3.94. The average molecular weight is 286 g/mol. The minimum absolute atomic E-state index is 0.312. The van der Waals surface area contributed by atoms with E-state index < -0.39 is 0 Å². The first-order chi connectivity index (χ1) is 10.2. The molecule has 2 rings (SSSR count). The Balaban J connectivity index is 1.73. The summed E-state index contributed by atoms with van der Waals surface area (Å²) in [5, 5.41) is 0. The van der Waals surface area contributed by atoms with Crippen molar-refractivity contribution >= 4 is 12.0 Å². The van der Waals surface area contributed by atoms with Crippen LogP contribution in [-0.4, -0.2) is 48.4 Å². The molecular formula is C18H26N2O. The van der Waals surface area contributed by atoms with Crippen LogP contribution in [0.2, 0.25) is 0 Å². The number of amides is 1. The van der Waals surface area contributed by atoms with Gasteiger partial charge in [-0.05, 0) is 18.9 Å². The molecule has 0 unspecified atom stereocenters. The lowest BCUT2D eigenvalue weighted by Gasteiger charge is -2.34. The number of hydrogen-bond acceptors (Lipinski definition) is 2. The predicted molar refractivity (Wildman–Crippen MR) is 88.1 cm³/mol. The Hall–Kier alpha value is -1.61. The van der Waals surface area contributed by atoms with Gasteiger partial charge < -0.3 is 4.90 Å². The normalized spacial score (nSPS) is 16.6. The molecule has 0 bridgehead atoms. The zero-order valence-corrected chi connectivity index (χ0v) is 13.2. The molecule has 0 N–H and O–H groups in total. The van der Waals surface area contributed by atoms with E-state index in [2.05, 4.69) is 55.2 Å². The van der Waals surface area contributed by atoms with E-state index in [0.29, 0.717) is 12.3 Å². The van der Waals surface area contributed by atoms with Crippen LogP contribution < -0.4 is 0 Å². The van der Waals surface area contributed by atoms with Crippen LogP contribution in [0.3, 0.4) is 0 Å². The van der Waals surface area contributed by atoms with Crippen molar-refractivity contribution in [1.29, 1.82) is 0 Å². The first-order valence-electron chi connectivity index (χ1n) is 7.92. The fourth-order valence-corrected chi connectivity index (χ4v) is 2.57. The van der Waals surface area contributed by atoms with Crippen LogP contribution >= 0.6 is 0 Å². The highest BCUT2D eigenvalue weighted by molar-refractivity contribution is 5.76. The van der Waals surface area contributed by atoms with Crippen molar-refractivity contribution in [2.75, 3.05) is 32.7 Å². The van der Waals surface area contributed by atoms with Crippen molar-refractivity contribution in [1.82, 2.24) is 9.80 Å². The van der Waals surface area contributed by atoms with Gasteiger partial charge in [0.25, 0.3) is 0 Å². The maximum absolute atomic E-state index is 11.8. The van der Waals surface area contributed by atoms with Crippen LogP contribution in [0.15, 0.2) is 30.3 Å². The number of piperazine rings is 1. The molecule has 0 atom stereocenters. The van der Waals surface area contributed by atoms with E-state index in [4.69, 9.17) is 0 Å². The van der Waals surface area contributed by atoms with Gasteiger partial charge in [0.2, 0.25) is 5.91 Å². The molecule has 0 aromatic heterocycles. The maximum Gasteiger partial charge on any atom is 0.222 e. The van der Waals surface area contributed by atoms with Crippen molar-refractivity contribution in [3.63, 3.8) is 0 Å². The van der Waals surface area contributed by atoms with Gasteiger partial charge in [0.15, 0.2) is 0 Å². The van der Waals surface area contributed by atoms with Crippen molar-refractivity contribution in [2.24, 2.45) is 0 Å². The summed E-state index contributed by atoms with van der Waals surface area (Å²) in [4.78, 5) is 16.2. The Labute approximate surface area is 128 Å². The number of aryl methyl sites for hydroxylation is 1. The Morgan fingerprint density at radius 3 is 2.43 bits per heavy atom. The Morgan fingerprint density at radius 1 is 1.14 bits per heavy atom. The number of nitrogens with zero attached hydrogens (tertiary/aromatic N) is 2. The van der Waals surface area contributed by atoms with Crippen LogP contribution in [0.25, 0.3) is 6.08 Å². The predicted octanol–water partition coefficient (Wildman–Crippen LogP) is 2.95. The lowest BCUT2D eigenvalue weighted by atomic mass is 10.1. The summed E-state index contributed by atoms with van der Waals surface area (Å²) in [7, 11) is 0. The third-order valence-electron chi connectivity index (χ3n) is 3.94. The van der Waals surface area contributed by atoms with E-state index in [-0.39, 0.29) is 0 Å². The van der Waals surface area contributed by atoms with E-state index in [1.807, 2.05) is 4.90 Å². The van der Waals surface area contributed by atoms with Gasteiger partial charge in [-0.1, -0.05) is 48.9 Å². The molecule has 1 heterocycles. The molecular weight excluding hydrogens is 260 g/mol. The summed E-state index contributed by atoms with van der Waals surface area (Å²) >= 11 is 0. The highest BCUT2D eigenvalue weighted by Gasteiger charge is 2.19. The molecule has 1 aliphatic heterocycles.